The van der Waals surface area contributed by atoms with Gasteiger partial charge in [-0.15, -0.1) is 0 Å². The highest BCUT2D eigenvalue weighted by molar-refractivity contribution is 5.61. The average Bonchev–Trinajstić information content (AvgIpc) is 2.54. The lowest BCUT2D eigenvalue weighted by Crippen LogP contribution is -2.08. The quantitative estimate of drug-likeness (QED) is 0.457. The van der Waals surface area contributed by atoms with Crippen molar-refractivity contribution in [2.75, 3.05) is 11.9 Å². The molecule has 0 aliphatic carbocycles. The summed E-state index contributed by atoms with van der Waals surface area (Å²) in [6.45, 7) is 2.85. The number of ether oxygens (including phenoxy) is 1. The molecule has 116 valence electrons. The van der Waals surface area contributed by atoms with E-state index in [-0.39, 0.29) is 17.4 Å². The van der Waals surface area contributed by atoms with Gasteiger partial charge in [-0.3, -0.25) is 10.1 Å². The summed E-state index contributed by atoms with van der Waals surface area (Å²) >= 11 is 0. The summed E-state index contributed by atoms with van der Waals surface area (Å²) in [5.41, 5.74) is 0.776. The van der Waals surface area contributed by atoms with Gasteiger partial charge in [0.1, 0.15) is 6.33 Å². The van der Waals surface area contributed by atoms with Gasteiger partial charge in [-0.1, -0.05) is 43.7 Å². The monoisotopic (exact) mass is 302 g/mol. The maximum absolute atomic E-state index is 11.3. The second-order valence-electron chi connectivity index (χ2n) is 4.67. The number of unbranched alkanes of at least 4 members (excludes halogenated alkanes) is 1. The molecule has 22 heavy (non-hydrogen) atoms. The highest BCUT2D eigenvalue weighted by Crippen LogP contribution is 2.31. The van der Waals surface area contributed by atoms with E-state index in [0.717, 1.165) is 18.4 Å². The Morgan fingerprint density at radius 3 is 2.73 bits per heavy atom. The zero-order chi connectivity index (χ0) is 15.8. The molecule has 0 atom stereocenters. The maximum atomic E-state index is 11.3. The van der Waals surface area contributed by atoms with Crippen LogP contribution in [0.3, 0.4) is 0 Å². The fourth-order valence-electron chi connectivity index (χ4n) is 1.86. The molecule has 2 aromatic rings. The van der Waals surface area contributed by atoms with Gasteiger partial charge in [-0.25, -0.2) is 4.98 Å². The standard InChI is InChI=1S/C15H18N4O3/c1-2-3-9-22-15-13(19(20)21)14(17-11-18-15)16-10-12-7-5-4-6-8-12/h4-8,11H,2-3,9-10H2,1H3,(H,16,17,18). The Morgan fingerprint density at radius 1 is 1.27 bits per heavy atom. The van der Waals surface area contributed by atoms with Crippen molar-refractivity contribution < 1.29 is 9.66 Å². The first-order valence-electron chi connectivity index (χ1n) is 7.12. The molecular weight excluding hydrogens is 284 g/mol. The van der Waals surface area contributed by atoms with E-state index in [9.17, 15) is 10.1 Å². The molecule has 0 fully saturated rings. The van der Waals surface area contributed by atoms with Crippen molar-refractivity contribution in [3.63, 3.8) is 0 Å². The Kier molecular flexibility index (Phi) is 5.65. The molecule has 0 saturated heterocycles. The van der Waals surface area contributed by atoms with E-state index in [1.54, 1.807) is 0 Å². The first-order chi connectivity index (χ1) is 10.7. The van der Waals surface area contributed by atoms with E-state index < -0.39 is 4.92 Å². The number of hydrogen-bond acceptors (Lipinski definition) is 6. The lowest BCUT2D eigenvalue weighted by atomic mass is 10.2. The lowest BCUT2D eigenvalue weighted by Gasteiger charge is -2.09. The van der Waals surface area contributed by atoms with E-state index in [1.165, 1.54) is 6.33 Å². The van der Waals surface area contributed by atoms with Gasteiger partial charge in [-0.05, 0) is 12.0 Å². The van der Waals surface area contributed by atoms with Crippen molar-refractivity contribution in [2.24, 2.45) is 0 Å². The first kappa shape index (κ1) is 15.7. The van der Waals surface area contributed by atoms with Crippen LogP contribution in [0, 0.1) is 10.1 Å². The van der Waals surface area contributed by atoms with Crippen molar-refractivity contribution in [1.82, 2.24) is 9.97 Å². The average molecular weight is 302 g/mol. The molecule has 0 amide bonds. The highest BCUT2D eigenvalue weighted by atomic mass is 16.6. The second kappa shape index (κ2) is 7.92. The number of hydrogen-bond donors (Lipinski definition) is 1. The lowest BCUT2D eigenvalue weighted by molar-refractivity contribution is -0.385. The van der Waals surface area contributed by atoms with Gasteiger partial charge < -0.3 is 10.1 Å². The molecule has 1 aromatic heterocycles. The van der Waals surface area contributed by atoms with E-state index >= 15 is 0 Å². The molecule has 0 saturated carbocycles. The molecule has 2 rings (SSSR count). The molecule has 1 aromatic carbocycles. The van der Waals surface area contributed by atoms with Crippen molar-refractivity contribution in [1.29, 1.82) is 0 Å². The van der Waals surface area contributed by atoms with Crippen LogP contribution in [0.2, 0.25) is 0 Å². The van der Waals surface area contributed by atoms with Crippen LogP contribution in [-0.2, 0) is 6.54 Å². The van der Waals surface area contributed by atoms with Gasteiger partial charge in [0, 0.05) is 6.54 Å². The molecule has 1 N–H and O–H groups in total. The minimum atomic E-state index is -0.519. The largest absolute Gasteiger partial charge is 0.473 e. The zero-order valence-corrected chi connectivity index (χ0v) is 12.4. The van der Waals surface area contributed by atoms with Crippen LogP contribution in [0.15, 0.2) is 36.7 Å². The maximum Gasteiger partial charge on any atom is 0.372 e. The third-order valence-corrected chi connectivity index (χ3v) is 3.01. The summed E-state index contributed by atoms with van der Waals surface area (Å²) in [7, 11) is 0. The Labute approximate surface area is 128 Å². The normalized spacial score (nSPS) is 10.2. The summed E-state index contributed by atoms with van der Waals surface area (Å²) in [6, 6.07) is 9.59. The SMILES string of the molecule is CCCCOc1ncnc(NCc2ccccc2)c1[N+](=O)[O-]. The number of nitrogens with one attached hydrogen (secondary N) is 1. The van der Waals surface area contributed by atoms with Crippen molar-refractivity contribution in [2.45, 2.75) is 26.3 Å². The Morgan fingerprint density at radius 2 is 2.05 bits per heavy atom. The summed E-state index contributed by atoms with van der Waals surface area (Å²) in [4.78, 5) is 18.6. The Hall–Kier alpha value is -2.70. The summed E-state index contributed by atoms with van der Waals surface area (Å²) in [5, 5.41) is 14.3. The summed E-state index contributed by atoms with van der Waals surface area (Å²) in [6.07, 6.45) is 3.02. The van der Waals surface area contributed by atoms with Crippen LogP contribution in [0.5, 0.6) is 5.88 Å². The molecule has 0 aliphatic rings. The molecule has 1 heterocycles. The highest BCUT2D eigenvalue weighted by Gasteiger charge is 2.24. The van der Waals surface area contributed by atoms with Gasteiger partial charge in [-0.2, -0.15) is 4.98 Å². The second-order valence-corrected chi connectivity index (χ2v) is 4.67. The minimum absolute atomic E-state index is 0.00371. The van der Waals surface area contributed by atoms with Gasteiger partial charge in [0.15, 0.2) is 0 Å². The number of nitro groups is 1. The molecule has 0 spiro atoms. The topological polar surface area (TPSA) is 90.2 Å². The minimum Gasteiger partial charge on any atom is -0.473 e. The van der Waals surface area contributed by atoms with Gasteiger partial charge in [0.05, 0.1) is 11.5 Å². The molecule has 0 unspecified atom stereocenters. The Balaban J connectivity index is 2.15. The van der Waals surface area contributed by atoms with E-state index in [1.807, 2.05) is 37.3 Å². The number of nitrogens with zero attached hydrogens (tertiary/aromatic N) is 3. The molecule has 7 nitrogen and oxygen atoms in total. The first-order valence-corrected chi connectivity index (χ1v) is 7.12. The molecule has 0 radical (unpaired) electrons. The molecule has 0 bridgehead atoms. The van der Waals surface area contributed by atoms with Gasteiger partial charge >= 0.3 is 5.69 Å². The van der Waals surface area contributed by atoms with Crippen LogP contribution in [0.4, 0.5) is 11.5 Å². The fraction of sp³-hybridized carbons (Fsp3) is 0.333. The Bertz CT molecular complexity index is 619. The smallest absolute Gasteiger partial charge is 0.372 e. The molecule has 0 aliphatic heterocycles. The predicted octanol–water partition coefficient (Wildman–Crippen LogP) is 3.18. The van der Waals surface area contributed by atoms with Crippen molar-refractivity contribution in [3.8, 4) is 5.88 Å². The van der Waals surface area contributed by atoms with Gasteiger partial charge in [0.2, 0.25) is 5.82 Å². The number of aromatic nitrogens is 2. The zero-order valence-electron chi connectivity index (χ0n) is 12.4. The summed E-state index contributed by atoms with van der Waals surface area (Å²) in [5.74, 6) is 0.166. The predicted molar refractivity (Wildman–Crippen MR) is 82.9 cm³/mol. The van der Waals surface area contributed by atoms with E-state index in [0.29, 0.717) is 13.2 Å². The van der Waals surface area contributed by atoms with Crippen LogP contribution in [0.25, 0.3) is 0 Å². The van der Waals surface area contributed by atoms with Crippen LogP contribution in [0.1, 0.15) is 25.3 Å². The van der Waals surface area contributed by atoms with Crippen LogP contribution >= 0.6 is 0 Å². The third kappa shape index (κ3) is 4.15. The fourth-order valence-corrected chi connectivity index (χ4v) is 1.86. The molecular formula is C15H18N4O3. The van der Waals surface area contributed by atoms with Crippen molar-refractivity contribution >= 4 is 11.5 Å². The summed E-state index contributed by atoms with van der Waals surface area (Å²) < 4.78 is 5.40. The number of benzene rings is 1. The van der Waals surface area contributed by atoms with Gasteiger partial charge in [0.25, 0.3) is 5.88 Å². The molecule has 7 heteroatoms. The third-order valence-electron chi connectivity index (χ3n) is 3.01. The van der Waals surface area contributed by atoms with Crippen LogP contribution in [-0.4, -0.2) is 21.5 Å². The van der Waals surface area contributed by atoms with Crippen LogP contribution < -0.4 is 10.1 Å². The van der Waals surface area contributed by atoms with Crippen molar-refractivity contribution in [3.05, 3.63) is 52.3 Å². The number of anilines is 1. The number of rotatable bonds is 8. The van der Waals surface area contributed by atoms with E-state index in [4.69, 9.17) is 4.74 Å². The van der Waals surface area contributed by atoms with E-state index in [2.05, 4.69) is 15.3 Å².